The molecule has 2 rings (SSSR count). The molecule has 6 nitrogen and oxygen atoms in total. The Labute approximate surface area is 84.5 Å². The molecule has 2 aromatic rings. The molecule has 15 heavy (non-hydrogen) atoms. The molecule has 0 spiro atoms. The van der Waals surface area contributed by atoms with Crippen molar-refractivity contribution >= 4 is 5.69 Å². The lowest BCUT2D eigenvalue weighted by atomic mass is 10.1. The molecule has 0 saturated carbocycles. The van der Waals surface area contributed by atoms with Crippen molar-refractivity contribution in [2.75, 3.05) is 0 Å². The third kappa shape index (κ3) is 1.78. The summed E-state index contributed by atoms with van der Waals surface area (Å²) in [5.74, 6) is 0. The smallest absolute Gasteiger partial charge is 0.269 e. The predicted molar refractivity (Wildman–Crippen MR) is 51.5 cm³/mol. The largest absolute Gasteiger partial charge is 0.412 e. The van der Waals surface area contributed by atoms with Gasteiger partial charge >= 0.3 is 0 Å². The number of non-ortho nitro benzene ring substituents is 1. The van der Waals surface area contributed by atoms with Crippen LogP contribution in [-0.2, 0) is 0 Å². The first-order valence-electron chi connectivity index (χ1n) is 4.16. The fourth-order valence-corrected chi connectivity index (χ4v) is 1.22. The molecular formula is C9H7N3O3. The summed E-state index contributed by atoms with van der Waals surface area (Å²) >= 11 is 0. The van der Waals surface area contributed by atoms with Crippen LogP contribution >= 0.6 is 0 Å². The first-order chi connectivity index (χ1) is 7.16. The molecule has 6 heteroatoms. The van der Waals surface area contributed by atoms with Crippen molar-refractivity contribution < 1.29 is 10.1 Å². The van der Waals surface area contributed by atoms with Crippen molar-refractivity contribution in [1.29, 1.82) is 0 Å². The minimum atomic E-state index is -0.464. The van der Waals surface area contributed by atoms with Crippen LogP contribution in [0.25, 0.3) is 11.3 Å². The minimum Gasteiger partial charge on any atom is -0.412 e. The van der Waals surface area contributed by atoms with E-state index in [1.807, 2.05) is 0 Å². The van der Waals surface area contributed by atoms with Crippen molar-refractivity contribution in [1.82, 2.24) is 9.94 Å². The van der Waals surface area contributed by atoms with Gasteiger partial charge < -0.3 is 5.21 Å². The molecule has 0 fully saturated rings. The lowest BCUT2D eigenvalue weighted by Crippen LogP contribution is -1.90. The Morgan fingerprint density at radius 2 is 1.93 bits per heavy atom. The Balaban J connectivity index is 2.35. The Bertz CT molecular complexity index is 490. The highest BCUT2D eigenvalue weighted by Crippen LogP contribution is 2.20. The monoisotopic (exact) mass is 205 g/mol. The molecule has 0 radical (unpaired) electrons. The Morgan fingerprint density at radius 1 is 1.27 bits per heavy atom. The molecule has 0 aliphatic rings. The van der Waals surface area contributed by atoms with E-state index in [0.29, 0.717) is 16.1 Å². The molecule has 0 aliphatic heterocycles. The Morgan fingerprint density at radius 3 is 2.40 bits per heavy atom. The van der Waals surface area contributed by atoms with Crippen molar-refractivity contribution in [2.24, 2.45) is 0 Å². The van der Waals surface area contributed by atoms with Gasteiger partial charge in [0.25, 0.3) is 5.69 Å². The summed E-state index contributed by atoms with van der Waals surface area (Å²) in [6, 6.07) is 7.57. The third-order valence-electron chi connectivity index (χ3n) is 1.95. The van der Waals surface area contributed by atoms with Crippen molar-refractivity contribution in [3.8, 4) is 11.3 Å². The van der Waals surface area contributed by atoms with Gasteiger partial charge in [0, 0.05) is 17.7 Å². The molecule has 0 aliphatic carbocycles. The van der Waals surface area contributed by atoms with Gasteiger partial charge in [-0.15, -0.1) is 9.94 Å². The van der Waals surface area contributed by atoms with Crippen LogP contribution in [0.15, 0.2) is 36.5 Å². The number of nitro groups is 1. The van der Waals surface area contributed by atoms with Crippen LogP contribution in [0.3, 0.4) is 0 Å². The Kier molecular flexibility index (Phi) is 2.09. The van der Waals surface area contributed by atoms with Crippen LogP contribution in [0, 0.1) is 10.1 Å². The molecule has 0 unspecified atom stereocenters. The van der Waals surface area contributed by atoms with Crippen molar-refractivity contribution in [3.63, 3.8) is 0 Å². The summed E-state index contributed by atoms with van der Waals surface area (Å²) in [5, 5.41) is 23.1. The van der Waals surface area contributed by atoms with Gasteiger partial charge in [0.1, 0.15) is 0 Å². The molecule has 0 saturated heterocycles. The van der Waals surface area contributed by atoms with E-state index in [2.05, 4.69) is 5.10 Å². The molecule has 0 bridgehead atoms. The quantitative estimate of drug-likeness (QED) is 0.459. The summed E-state index contributed by atoms with van der Waals surface area (Å²) in [7, 11) is 0. The number of benzene rings is 1. The average Bonchev–Trinajstić information content (AvgIpc) is 2.65. The molecule has 1 N–H and O–H groups in total. The first-order valence-corrected chi connectivity index (χ1v) is 4.16. The van der Waals surface area contributed by atoms with Gasteiger partial charge in [0.05, 0.1) is 16.8 Å². The van der Waals surface area contributed by atoms with Crippen LogP contribution in [0.2, 0.25) is 0 Å². The van der Waals surface area contributed by atoms with E-state index in [0.717, 1.165) is 0 Å². The molecule has 76 valence electrons. The number of nitrogens with zero attached hydrogens (tertiary/aromatic N) is 3. The number of rotatable bonds is 2. The summed E-state index contributed by atoms with van der Waals surface area (Å²) < 4.78 is 0. The van der Waals surface area contributed by atoms with Gasteiger partial charge in [-0.2, -0.15) is 0 Å². The van der Waals surface area contributed by atoms with Gasteiger partial charge in [-0.1, -0.05) is 0 Å². The van der Waals surface area contributed by atoms with E-state index in [-0.39, 0.29) is 5.69 Å². The topological polar surface area (TPSA) is 81.2 Å². The second-order valence-electron chi connectivity index (χ2n) is 2.93. The fraction of sp³-hybridized carbons (Fsp3) is 0. The molecule has 1 aromatic heterocycles. The second-order valence-corrected chi connectivity index (χ2v) is 2.93. The summed E-state index contributed by atoms with van der Waals surface area (Å²) in [4.78, 5) is 10.6. The zero-order valence-corrected chi connectivity index (χ0v) is 7.57. The third-order valence-corrected chi connectivity index (χ3v) is 1.95. The van der Waals surface area contributed by atoms with E-state index >= 15 is 0 Å². The van der Waals surface area contributed by atoms with Crippen molar-refractivity contribution in [2.45, 2.75) is 0 Å². The normalized spacial score (nSPS) is 10.1. The maximum atomic E-state index is 10.4. The molecule has 1 aromatic carbocycles. The van der Waals surface area contributed by atoms with Crippen molar-refractivity contribution in [3.05, 3.63) is 46.6 Å². The highest BCUT2D eigenvalue weighted by Gasteiger charge is 2.06. The highest BCUT2D eigenvalue weighted by atomic mass is 16.6. The van der Waals surface area contributed by atoms with E-state index in [4.69, 9.17) is 5.21 Å². The summed E-state index contributed by atoms with van der Waals surface area (Å²) in [5.41, 5.74) is 1.31. The first kappa shape index (κ1) is 9.20. The zero-order valence-electron chi connectivity index (χ0n) is 7.57. The van der Waals surface area contributed by atoms with Crippen LogP contribution in [-0.4, -0.2) is 20.1 Å². The van der Waals surface area contributed by atoms with Gasteiger partial charge in [-0.3, -0.25) is 10.1 Å². The molecular weight excluding hydrogens is 198 g/mol. The van der Waals surface area contributed by atoms with E-state index in [9.17, 15) is 10.1 Å². The van der Waals surface area contributed by atoms with Crippen LogP contribution in [0.5, 0.6) is 0 Å². The minimum absolute atomic E-state index is 0.0298. The summed E-state index contributed by atoms with van der Waals surface area (Å²) in [6.07, 6.45) is 1.39. The summed E-state index contributed by atoms with van der Waals surface area (Å²) in [6.45, 7) is 0. The number of hydrogen-bond donors (Lipinski definition) is 1. The maximum absolute atomic E-state index is 10.4. The van der Waals surface area contributed by atoms with E-state index in [1.54, 1.807) is 18.2 Å². The van der Waals surface area contributed by atoms with Crippen LogP contribution in [0.4, 0.5) is 5.69 Å². The zero-order chi connectivity index (χ0) is 10.8. The average molecular weight is 205 g/mol. The van der Waals surface area contributed by atoms with Gasteiger partial charge in [0.15, 0.2) is 0 Å². The molecule has 1 heterocycles. The lowest BCUT2D eigenvalue weighted by Gasteiger charge is -1.95. The lowest BCUT2D eigenvalue weighted by molar-refractivity contribution is -0.384. The maximum Gasteiger partial charge on any atom is 0.269 e. The number of nitro benzene ring substituents is 1. The number of hydrogen-bond acceptors (Lipinski definition) is 4. The van der Waals surface area contributed by atoms with Gasteiger partial charge in [-0.25, -0.2) is 0 Å². The highest BCUT2D eigenvalue weighted by molar-refractivity contribution is 5.60. The molecule has 0 amide bonds. The predicted octanol–water partition coefficient (Wildman–Crippen LogP) is 1.70. The fourth-order valence-electron chi connectivity index (χ4n) is 1.22. The second kappa shape index (κ2) is 3.41. The molecule has 0 atom stereocenters. The van der Waals surface area contributed by atoms with Gasteiger partial charge in [0.2, 0.25) is 0 Å². The Hall–Kier alpha value is -2.37. The van der Waals surface area contributed by atoms with E-state index in [1.165, 1.54) is 18.3 Å². The number of aromatic nitrogens is 2. The van der Waals surface area contributed by atoms with Crippen LogP contribution < -0.4 is 0 Å². The van der Waals surface area contributed by atoms with E-state index < -0.39 is 4.92 Å². The van der Waals surface area contributed by atoms with Gasteiger partial charge in [-0.05, 0) is 18.2 Å². The SMILES string of the molecule is O=[N+]([O-])c1ccc(-c2ccn(O)n2)cc1. The standard InChI is InChI=1S/C9H7N3O3/c13-11-6-5-9(10-11)7-1-3-8(4-2-7)12(14)15/h1-6,13H. The van der Waals surface area contributed by atoms with Crippen LogP contribution in [0.1, 0.15) is 0 Å².